The smallest absolute Gasteiger partial charge is 0.237 e. The van der Waals surface area contributed by atoms with Crippen LogP contribution in [-0.2, 0) is 22.6 Å². The first-order valence-corrected chi connectivity index (χ1v) is 11.0. The van der Waals surface area contributed by atoms with Crippen LogP contribution in [0, 0.1) is 0 Å². The SMILES string of the molecule is O=C(C[C@H]1C(=O)NCCN1Cc1cccc2ccccc12)NCCc1cccc(Cl)c1. The maximum atomic E-state index is 12.6. The van der Waals surface area contributed by atoms with Gasteiger partial charge in [0.15, 0.2) is 0 Å². The molecule has 5 nitrogen and oxygen atoms in total. The molecule has 2 N–H and O–H groups in total. The largest absolute Gasteiger partial charge is 0.356 e. The van der Waals surface area contributed by atoms with Crippen LogP contribution >= 0.6 is 11.6 Å². The summed E-state index contributed by atoms with van der Waals surface area (Å²) in [6, 6.07) is 21.6. The van der Waals surface area contributed by atoms with Crippen LogP contribution in [0.1, 0.15) is 17.5 Å². The van der Waals surface area contributed by atoms with Crippen molar-refractivity contribution in [2.45, 2.75) is 25.4 Å². The zero-order valence-electron chi connectivity index (χ0n) is 17.3. The molecule has 0 radical (unpaired) electrons. The summed E-state index contributed by atoms with van der Waals surface area (Å²) in [5.74, 6) is -0.205. The third-order valence-electron chi connectivity index (χ3n) is 5.70. The number of hydrogen-bond acceptors (Lipinski definition) is 3. The number of rotatable bonds is 7. The Labute approximate surface area is 187 Å². The van der Waals surface area contributed by atoms with E-state index in [1.807, 2.05) is 42.5 Å². The lowest BCUT2D eigenvalue weighted by molar-refractivity contribution is -0.134. The minimum atomic E-state index is -0.473. The fourth-order valence-corrected chi connectivity index (χ4v) is 4.32. The topological polar surface area (TPSA) is 61.4 Å². The van der Waals surface area contributed by atoms with Gasteiger partial charge in [0.05, 0.1) is 12.5 Å². The molecule has 1 atom stereocenters. The molecule has 31 heavy (non-hydrogen) atoms. The summed E-state index contributed by atoms with van der Waals surface area (Å²) < 4.78 is 0. The monoisotopic (exact) mass is 435 g/mol. The lowest BCUT2D eigenvalue weighted by Crippen LogP contribution is -2.56. The number of carbonyl (C=O) groups is 2. The number of hydrogen-bond donors (Lipinski definition) is 2. The highest BCUT2D eigenvalue weighted by Gasteiger charge is 2.31. The number of carbonyl (C=O) groups excluding carboxylic acids is 2. The highest BCUT2D eigenvalue weighted by Crippen LogP contribution is 2.22. The average Bonchev–Trinajstić information content (AvgIpc) is 2.76. The van der Waals surface area contributed by atoms with E-state index in [-0.39, 0.29) is 18.2 Å². The van der Waals surface area contributed by atoms with Gasteiger partial charge in [-0.1, -0.05) is 66.2 Å². The molecule has 0 spiro atoms. The third-order valence-corrected chi connectivity index (χ3v) is 5.93. The number of nitrogens with zero attached hydrogens (tertiary/aromatic N) is 1. The first kappa shape index (κ1) is 21.3. The van der Waals surface area contributed by atoms with E-state index in [0.29, 0.717) is 31.1 Å². The molecule has 1 aliphatic heterocycles. The van der Waals surface area contributed by atoms with E-state index in [1.54, 1.807) is 0 Å². The van der Waals surface area contributed by atoms with Gasteiger partial charge in [0.1, 0.15) is 0 Å². The summed E-state index contributed by atoms with van der Waals surface area (Å²) in [4.78, 5) is 27.3. The zero-order valence-corrected chi connectivity index (χ0v) is 18.1. The number of fused-ring (bicyclic) bond motifs is 1. The van der Waals surface area contributed by atoms with E-state index in [9.17, 15) is 9.59 Å². The van der Waals surface area contributed by atoms with Crippen molar-refractivity contribution in [2.24, 2.45) is 0 Å². The van der Waals surface area contributed by atoms with Crippen molar-refractivity contribution in [2.75, 3.05) is 19.6 Å². The molecule has 4 rings (SSSR count). The molecule has 1 saturated heterocycles. The van der Waals surface area contributed by atoms with Gasteiger partial charge in [-0.15, -0.1) is 0 Å². The predicted octanol–water partition coefficient (Wildman–Crippen LogP) is 3.54. The van der Waals surface area contributed by atoms with Crippen LogP contribution in [0.2, 0.25) is 5.02 Å². The molecular formula is C25H26ClN3O2. The molecule has 3 aromatic rings. The Kier molecular flexibility index (Phi) is 6.85. The van der Waals surface area contributed by atoms with Gasteiger partial charge < -0.3 is 10.6 Å². The number of piperazine rings is 1. The Morgan fingerprint density at radius 1 is 1.10 bits per heavy atom. The van der Waals surface area contributed by atoms with E-state index in [4.69, 9.17) is 11.6 Å². The third kappa shape index (κ3) is 5.43. The van der Waals surface area contributed by atoms with E-state index >= 15 is 0 Å². The number of nitrogens with one attached hydrogen (secondary N) is 2. The standard InChI is InChI=1S/C25H26ClN3O2/c26-21-9-3-5-18(15-21)11-12-27-24(30)16-23-25(31)28-13-14-29(23)17-20-8-4-7-19-6-1-2-10-22(19)20/h1-10,15,23H,11-14,16-17H2,(H,27,30)(H,28,31)/t23-/m0/s1. The summed E-state index contributed by atoms with van der Waals surface area (Å²) in [5.41, 5.74) is 2.24. The Morgan fingerprint density at radius 2 is 1.90 bits per heavy atom. The maximum Gasteiger partial charge on any atom is 0.237 e. The average molecular weight is 436 g/mol. The fraction of sp³-hybridized carbons (Fsp3) is 0.280. The molecule has 1 fully saturated rings. The van der Waals surface area contributed by atoms with Crippen LogP contribution < -0.4 is 10.6 Å². The molecule has 0 aromatic heterocycles. The second-order valence-electron chi connectivity index (χ2n) is 7.85. The van der Waals surface area contributed by atoms with Gasteiger partial charge >= 0.3 is 0 Å². The lowest BCUT2D eigenvalue weighted by atomic mass is 10.0. The van der Waals surface area contributed by atoms with Crippen LogP contribution in [0.3, 0.4) is 0 Å². The van der Waals surface area contributed by atoms with Crippen LogP contribution in [0.4, 0.5) is 0 Å². The van der Waals surface area contributed by atoms with Crippen molar-refractivity contribution in [3.05, 3.63) is 82.9 Å². The molecule has 160 valence electrons. The number of benzene rings is 3. The Morgan fingerprint density at radius 3 is 2.77 bits per heavy atom. The van der Waals surface area contributed by atoms with Gasteiger partial charge in [0, 0.05) is 31.2 Å². The molecule has 0 unspecified atom stereocenters. The summed E-state index contributed by atoms with van der Waals surface area (Å²) >= 11 is 6.01. The fourth-order valence-electron chi connectivity index (χ4n) is 4.11. The molecule has 2 amide bonds. The van der Waals surface area contributed by atoms with Crippen molar-refractivity contribution >= 4 is 34.2 Å². The van der Waals surface area contributed by atoms with Gasteiger partial charge in [0.25, 0.3) is 0 Å². The van der Waals surface area contributed by atoms with Gasteiger partial charge in [-0.3, -0.25) is 14.5 Å². The molecule has 3 aromatic carbocycles. The number of amides is 2. The Hall–Kier alpha value is -2.89. The normalized spacial score (nSPS) is 16.8. The zero-order chi connectivity index (χ0) is 21.6. The highest BCUT2D eigenvalue weighted by molar-refractivity contribution is 6.30. The molecule has 1 aliphatic rings. The van der Waals surface area contributed by atoms with Gasteiger partial charge in [0.2, 0.25) is 11.8 Å². The lowest BCUT2D eigenvalue weighted by Gasteiger charge is -2.35. The highest BCUT2D eigenvalue weighted by atomic mass is 35.5. The van der Waals surface area contributed by atoms with Crippen LogP contribution in [-0.4, -0.2) is 42.4 Å². The van der Waals surface area contributed by atoms with Gasteiger partial charge in [-0.25, -0.2) is 0 Å². The molecular weight excluding hydrogens is 410 g/mol. The molecule has 0 saturated carbocycles. The van der Waals surface area contributed by atoms with Gasteiger partial charge in [-0.05, 0) is 40.5 Å². The van der Waals surface area contributed by atoms with Crippen molar-refractivity contribution in [1.29, 1.82) is 0 Å². The van der Waals surface area contributed by atoms with Crippen molar-refractivity contribution < 1.29 is 9.59 Å². The first-order valence-electron chi connectivity index (χ1n) is 10.6. The van der Waals surface area contributed by atoms with E-state index in [0.717, 1.165) is 12.1 Å². The summed E-state index contributed by atoms with van der Waals surface area (Å²) in [6.45, 7) is 2.46. The molecule has 6 heteroatoms. The molecule has 0 aliphatic carbocycles. The second kappa shape index (κ2) is 9.94. The minimum Gasteiger partial charge on any atom is -0.356 e. The summed E-state index contributed by atoms with van der Waals surface area (Å²) in [6.07, 6.45) is 0.842. The summed E-state index contributed by atoms with van der Waals surface area (Å²) in [7, 11) is 0. The van der Waals surface area contributed by atoms with Crippen LogP contribution in [0.15, 0.2) is 66.7 Å². The summed E-state index contributed by atoms with van der Waals surface area (Å²) in [5, 5.41) is 8.89. The van der Waals surface area contributed by atoms with E-state index < -0.39 is 6.04 Å². The van der Waals surface area contributed by atoms with E-state index in [1.165, 1.54) is 16.3 Å². The Bertz CT molecular complexity index is 1080. The first-order chi connectivity index (χ1) is 15.1. The predicted molar refractivity (Wildman–Crippen MR) is 124 cm³/mol. The molecule has 1 heterocycles. The van der Waals surface area contributed by atoms with Crippen LogP contribution in [0.5, 0.6) is 0 Å². The second-order valence-corrected chi connectivity index (χ2v) is 8.29. The maximum absolute atomic E-state index is 12.6. The number of halogens is 1. The van der Waals surface area contributed by atoms with Crippen molar-refractivity contribution in [3.8, 4) is 0 Å². The van der Waals surface area contributed by atoms with Gasteiger partial charge in [-0.2, -0.15) is 0 Å². The molecule has 0 bridgehead atoms. The quantitative estimate of drug-likeness (QED) is 0.596. The Balaban J connectivity index is 1.39. The minimum absolute atomic E-state index is 0.0866. The van der Waals surface area contributed by atoms with Crippen molar-refractivity contribution in [1.82, 2.24) is 15.5 Å². The van der Waals surface area contributed by atoms with Crippen LogP contribution in [0.25, 0.3) is 10.8 Å². The van der Waals surface area contributed by atoms with Crippen molar-refractivity contribution in [3.63, 3.8) is 0 Å². The van der Waals surface area contributed by atoms with E-state index in [2.05, 4.69) is 39.8 Å².